The summed E-state index contributed by atoms with van der Waals surface area (Å²) in [5, 5.41) is 22.5. The molecule has 3 aliphatic heterocycles. The van der Waals surface area contributed by atoms with Crippen molar-refractivity contribution >= 4 is 29.1 Å². The summed E-state index contributed by atoms with van der Waals surface area (Å²) in [6.45, 7) is 6.54. The average Bonchev–Trinajstić information content (AvgIpc) is 3.45. The summed E-state index contributed by atoms with van der Waals surface area (Å²) in [7, 11) is 0. The largest absolute Gasteiger partial charge is 0.508 e. The number of ether oxygens (including phenoxy) is 2. The number of carbonyl (C=O) groups is 3. The number of aliphatic imine (C=N–C) groups is 1. The number of hydrogen-bond donors (Lipinski definition) is 3. The third kappa shape index (κ3) is 8.42. The zero-order chi connectivity index (χ0) is 37.7. The first-order valence-electron chi connectivity index (χ1n) is 18.6. The summed E-state index contributed by atoms with van der Waals surface area (Å²) < 4.78 is 11.9. The van der Waals surface area contributed by atoms with Gasteiger partial charge in [-0.3, -0.25) is 29.6 Å². The first-order valence-corrected chi connectivity index (χ1v) is 18.6. The van der Waals surface area contributed by atoms with Gasteiger partial charge in [0.2, 0.25) is 11.8 Å². The van der Waals surface area contributed by atoms with Gasteiger partial charge in [0.25, 0.3) is 5.91 Å². The van der Waals surface area contributed by atoms with Crippen LogP contribution in [-0.4, -0.2) is 89.4 Å². The number of fused-ring (bicyclic) bond motifs is 1. The van der Waals surface area contributed by atoms with E-state index in [1.54, 1.807) is 42.5 Å². The lowest BCUT2D eigenvalue weighted by molar-refractivity contribution is -0.136. The van der Waals surface area contributed by atoms with Crippen LogP contribution < -0.4 is 14.8 Å². The number of imide groups is 1. The predicted octanol–water partition coefficient (Wildman–Crippen LogP) is 5.64. The molecule has 0 aliphatic carbocycles. The van der Waals surface area contributed by atoms with E-state index in [4.69, 9.17) is 14.5 Å². The van der Waals surface area contributed by atoms with E-state index in [9.17, 15) is 24.6 Å². The number of amides is 3. The van der Waals surface area contributed by atoms with Gasteiger partial charge in [-0.1, -0.05) is 24.3 Å². The third-order valence-corrected chi connectivity index (χ3v) is 10.7. The Morgan fingerprint density at radius 3 is 2.39 bits per heavy atom. The van der Waals surface area contributed by atoms with Crippen LogP contribution in [0, 0.1) is 0 Å². The number of carbonyl (C=O) groups excluding carboxylic acids is 3. The van der Waals surface area contributed by atoms with Crippen molar-refractivity contribution in [2.24, 2.45) is 4.99 Å². The Balaban J connectivity index is 0.821. The Morgan fingerprint density at radius 1 is 0.870 bits per heavy atom. The number of hydrogen-bond acceptors (Lipinski definition) is 9. The van der Waals surface area contributed by atoms with Crippen molar-refractivity contribution in [3.63, 3.8) is 0 Å². The molecule has 2 atom stereocenters. The molecule has 7 rings (SSSR count). The van der Waals surface area contributed by atoms with Crippen LogP contribution in [0.25, 0.3) is 0 Å². The van der Waals surface area contributed by atoms with E-state index in [-0.39, 0.29) is 35.8 Å². The summed E-state index contributed by atoms with van der Waals surface area (Å²) in [6.07, 6.45) is 3.35. The zero-order valence-electron chi connectivity index (χ0n) is 30.5. The normalized spacial score (nSPS) is 19.9. The second kappa shape index (κ2) is 16.1. The molecule has 4 aromatic rings. The summed E-state index contributed by atoms with van der Waals surface area (Å²) in [5.41, 5.74) is 5.06. The highest BCUT2D eigenvalue weighted by molar-refractivity contribution is 6.12. The van der Waals surface area contributed by atoms with Gasteiger partial charge < -0.3 is 24.6 Å². The topological polar surface area (TPSA) is 141 Å². The molecule has 11 nitrogen and oxygen atoms in total. The Hall–Kier alpha value is -5.68. The lowest BCUT2D eigenvalue weighted by atomic mass is 9.73. The summed E-state index contributed by atoms with van der Waals surface area (Å²) in [6, 6.07) is 27.8. The standard InChI is InChI=1S/C43H46N4O7/c1-43(37-26-33(49)13-17-38(37)44-41(43)30-9-11-32(48)12-10-30)27-29-7-14-34(15-8-29)53-24-3-2-19-46-20-22-47(23-21-46)40(51)28-54-35-6-4-5-31(25-35)36-16-18-39(50)45-42(36)52/h4-15,17,25-26,36,48-49H,2-3,16,18-24,27-28H2,1H3,(H,45,50,52). The minimum absolute atomic E-state index is 0.0622. The lowest BCUT2D eigenvalue weighted by Crippen LogP contribution is -2.50. The van der Waals surface area contributed by atoms with E-state index < -0.39 is 11.3 Å². The Bertz CT molecular complexity index is 2020. The molecule has 0 radical (unpaired) electrons. The molecule has 3 N–H and O–H groups in total. The third-order valence-electron chi connectivity index (χ3n) is 10.7. The smallest absolute Gasteiger partial charge is 0.260 e. The van der Waals surface area contributed by atoms with Crippen LogP contribution in [0.5, 0.6) is 23.0 Å². The molecule has 11 heteroatoms. The van der Waals surface area contributed by atoms with E-state index in [0.717, 1.165) is 71.9 Å². The molecule has 0 saturated carbocycles. The van der Waals surface area contributed by atoms with Crippen LogP contribution in [0.15, 0.2) is 96.0 Å². The van der Waals surface area contributed by atoms with Gasteiger partial charge >= 0.3 is 0 Å². The molecule has 2 saturated heterocycles. The number of nitrogens with one attached hydrogen (secondary N) is 1. The molecule has 3 heterocycles. The maximum Gasteiger partial charge on any atom is 0.260 e. The molecule has 3 amide bonds. The van der Waals surface area contributed by atoms with Crippen molar-refractivity contribution in [1.29, 1.82) is 0 Å². The second-order valence-electron chi connectivity index (χ2n) is 14.5. The van der Waals surface area contributed by atoms with Gasteiger partial charge in [-0.05, 0) is 128 Å². The SMILES string of the molecule is CC1(Cc2ccc(OCCCCN3CCN(C(=O)COc4cccc(C5CCC(=O)NC5=O)c4)CC3)cc2)C(c2ccc(O)cc2)=Nc2ccc(O)cc21. The fourth-order valence-corrected chi connectivity index (χ4v) is 7.65. The van der Waals surface area contributed by atoms with E-state index in [2.05, 4.69) is 29.3 Å². The van der Waals surface area contributed by atoms with E-state index >= 15 is 0 Å². The van der Waals surface area contributed by atoms with Crippen molar-refractivity contribution in [3.8, 4) is 23.0 Å². The molecule has 0 spiro atoms. The van der Waals surface area contributed by atoms with Crippen LogP contribution in [0.2, 0.25) is 0 Å². The van der Waals surface area contributed by atoms with Gasteiger partial charge in [-0.2, -0.15) is 0 Å². The lowest BCUT2D eigenvalue weighted by Gasteiger charge is -2.34. The molecule has 2 unspecified atom stereocenters. The Kier molecular flexibility index (Phi) is 11.0. The average molecular weight is 731 g/mol. The first-order chi connectivity index (χ1) is 26.1. The van der Waals surface area contributed by atoms with Gasteiger partial charge in [-0.25, -0.2) is 0 Å². The van der Waals surface area contributed by atoms with E-state index in [1.165, 1.54) is 0 Å². The van der Waals surface area contributed by atoms with Crippen molar-refractivity contribution in [1.82, 2.24) is 15.1 Å². The predicted molar refractivity (Wildman–Crippen MR) is 205 cm³/mol. The zero-order valence-corrected chi connectivity index (χ0v) is 30.5. The summed E-state index contributed by atoms with van der Waals surface area (Å²) in [4.78, 5) is 45.8. The number of phenolic OH excluding ortho intramolecular Hbond substituents is 2. The molecule has 0 aromatic heterocycles. The minimum Gasteiger partial charge on any atom is -0.508 e. The molecule has 4 aromatic carbocycles. The Labute approximate surface area is 315 Å². The molecule has 2 fully saturated rings. The summed E-state index contributed by atoms with van der Waals surface area (Å²) >= 11 is 0. The van der Waals surface area contributed by atoms with Crippen molar-refractivity contribution < 1.29 is 34.1 Å². The number of piperidine rings is 1. The van der Waals surface area contributed by atoms with Gasteiger partial charge in [0, 0.05) is 38.0 Å². The molecular weight excluding hydrogens is 684 g/mol. The van der Waals surface area contributed by atoms with Crippen molar-refractivity contribution in [2.45, 2.75) is 50.4 Å². The monoisotopic (exact) mass is 730 g/mol. The van der Waals surface area contributed by atoms with E-state index in [1.807, 2.05) is 41.3 Å². The number of aromatic hydroxyl groups is 2. The fraction of sp³-hybridized carbons (Fsp3) is 0.349. The van der Waals surface area contributed by atoms with Crippen LogP contribution >= 0.6 is 0 Å². The number of phenols is 2. The maximum atomic E-state index is 12.9. The minimum atomic E-state index is -0.479. The second-order valence-corrected chi connectivity index (χ2v) is 14.5. The van der Waals surface area contributed by atoms with E-state index in [0.29, 0.717) is 44.7 Å². The van der Waals surface area contributed by atoms with Crippen LogP contribution in [-0.2, 0) is 26.2 Å². The van der Waals surface area contributed by atoms with Crippen LogP contribution in [0.4, 0.5) is 5.69 Å². The van der Waals surface area contributed by atoms with Crippen LogP contribution in [0.1, 0.15) is 60.8 Å². The summed E-state index contributed by atoms with van der Waals surface area (Å²) in [5.74, 6) is 0.755. The fourth-order valence-electron chi connectivity index (χ4n) is 7.65. The number of benzene rings is 4. The molecule has 54 heavy (non-hydrogen) atoms. The Morgan fingerprint density at radius 2 is 1.63 bits per heavy atom. The van der Waals surface area contributed by atoms with Gasteiger partial charge in [0.15, 0.2) is 6.61 Å². The van der Waals surface area contributed by atoms with Crippen molar-refractivity contribution in [3.05, 3.63) is 113 Å². The number of nitrogens with zero attached hydrogens (tertiary/aromatic N) is 3. The van der Waals surface area contributed by atoms with Gasteiger partial charge in [0.1, 0.15) is 23.0 Å². The molecule has 0 bridgehead atoms. The molecule has 280 valence electrons. The number of unbranched alkanes of at least 4 members (excludes halogenated alkanes) is 1. The number of rotatable bonds is 13. The highest BCUT2D eigenvalue weighted by atomic mass is 16.5. The van der Waals surface area contributed by atoms with Crippen LogP contribution in [0.3, 0.4) is 0 Å². The highest BCUT2D eigenvalue weighted by Crippen LogP contribution is 2.46. The number of piperazine rings is 1. The van der Waals surface area contributed by atoms with Gasteiger partial charge in [0.05, 0.1) is 23.9 Å². The maximum absolute atomic E-state index is 12.9. The quantitative estimate of drug-likeness (QED) is 0.119. The molecular formula is C43H46N4O7. The van der Waals surface area contributed by atoms with Gasteiger partial charge in [-0.15, -0.1) is 0 Å². The first kappa shape index (κ1) is 36.7. The highest BCUT2D eigenvalue weighted by Gasteiger charge is 2.40. The van der Waals surface area contributed by atoms with Crippen molar-refractivity contribution in [2.75, 3.05) is 45.9 Å². The molecule has 3 aliphatic rings.